The molecule has 0 bridgehead atoms. The summed E-state index contributed by atoms with van der Waals surface area (Å²) in [5.74, 6) is 0. The maximum atomic E-state index is 7.26. The van der Waals surface area contributed by atoms with Gasteiger partial charge < -0.3 is 25.8 Å². The molecular formula is C24H54BrO3PSi2. The van der Waals surface area contributed by atoms with Crippen LogP contribution in [0.5, 0.6) is 0 Å². The lowest BCUT2D eigenvalue weighted by molar-refractivity contribution is -0.000509. The molecule has 1 saturated carbocycles. The van der Waals surface area contributed by atoms with Gasteiger partial charge in [0.1, 0.15) is 13.6 Å². The molecule has 0 radical (unpaired) electrons. The van der Waals surface area contributed by atoms with Crippen LogP contribution in [-0.4, -0.2) is 53.4 Å². The zero-order valence-corrected chi connectivity index (χ0v) is 26.7. The van der Waals surface area contributed by atoms with Gasteiger partial charge in [-0.25, -0.2) is 4.52 Å². The summed E-state index contributed by atoms with van der Waals surface area (Å²) in [5.41, 5.74) is 0. The largest absolute Gasteiger partial charge is 1.00 e. The second-order valence-electron chi connectivity index (χ2n) is 11.4. The number of rotatable bonds is 15. The van der Waals surface area contributed by atoms with Crippen molar-refractivity contribution in [2.45, 2.75) is 136 Å². The van der Waals surface area contributed by atoms with Gasteiger partial charge in [0.2, 0.25) is 0 Å². The second-order valence-corrected chi connectivity index (χ2v) is 24.0. The maximum Gasteiger partial charge on any atom is 0.184 e. The Morgan fingerprint density at radius 1 is 0.613 bits per heavy atom. The predicted molar refractivity (Wildman–Crippen MR) is 141 cm³/mol. The highest BCUT2D eigenvalue weighted by atomic mass is 79.9. The van der Waals surface area contributed by atoms with Gasteiger partial charge in [0.25, 0.3) is 0 Å². The van der Waals surface area contributed by atoms with Gasteiger partial charge in [0.05, 0.1) is 30.7 Å². The molecule has 0 N–H and O–H groups in total. The van der Waals surface area contributed by atoms with Gasteiger partial charge in [0.15, 0.2) is 16.6 Å². The van der Waals surface area contributed by atoms with Crippen LogP contribution in [0.3, 0.4) is 0 Å². The molecule has 0 heterocycles. The molecular weight excluding hydrogens is 503 g/mol. The van der Waals surface area contributed by atoms with Gasteiger partial charge in [0, 0.05) is 12.8 Å². The van der Waals surface area contributed by atoms with Crippen LogP contribution in [0.2, 0.25) is 39.3 Å². The van der Waals surface area contributed by atoms with Crippen LogP contribution in [0.1, 0.15) is 78.6 Å². The van der Waals surface area contributed by atoms with Crippen molar-refractivity contribution in [2.75, 3.05) is 18.5 Å². The van der Waals surface area contributed by atoms with Gasteiger partial charge in [-0.1, -0.05) is 40.0 Å². The topological polar surface area (TPSA) is 27.7 Å². The Balaban J connectivity index is 0.00000900. The standard InChI is InChI=1S/C24H54O3PSi2.BrH/c1-10-13-16-28(17-14-11-2,18-15-12-3)25-22-19-23(26-29(4,5)6)21-24(20-22)27-30(7,8)9;/h22-24H,10-21H2,1-9H3;1H/q+1;/p-1. The molecule has 7 heteroatoms. The van der Waals surface area contributed by atoms with Crippen LogP contribution < -0.4 is 17.0 Å². The number of halogens is 1. The number of hydrogen-bond acceptors (Lipinski definition) is 3. The van der Waals surface area contributed by atoms with E-state index in [-0.39, 0.29) is 17.0 Å². The normalized spacial score (nSPS) is 22.9. The van der Waals surface area contributed by atoms with Crippen molar-refractivity contribution >= 4 is 24.1 Å². The third-order valence-electron chi connectivity index (χ3n) is 5.75. The molecule has 3 nitrogen and oxygen atoms in total. The molecule has 0 aromatic carbocycles. The van der Waals surface area contributed by atoms with E-state index in [1.807, 2.05) is 0 Å². The summed E-state index contributed by atoms with van der Waals surface area (Å²) < 4.78 is 20.5. The van der Waals surface area contributed by atoms with Gasteiger partial charge in [-0.2, -0.15) is 0 Å². The molecule has 0 aromatic rings. The Kier molecular flexibility index (Phi) is 15.9. The summed E-state index contributed by atoms with van der Waals surface area (Å²) in [6.45, 7) is 20.8. The number of hydrogen-bond donors (Lipinski definition) is 0. The smallest absolute Gasteiger partial charge is 0.184 e. The van der Waals surface area contributed by atoms with Crippen LogP contribution in [0.25, 0.3) is 0 Å². The van der Waals surface area contributed by atoms with E-state index in [0.29, 0.717) is 18.3 Å². The summed E-state index contributed by atoms with van der Waals surface area (Å²) in [7, 11) is -4.51. The molecule has 31 heavy (non-hydrogen) atoms. The van der Waals surface area contributed by atoms with Crippen LogP contribution >= 0.6 is 7.49 Å². The lowest BCUT2D eigenvalue weighted by Crippen LogP contribution is -3.00. The first-order valence-electron chi connectivity index (χ1n) is 12.8. The van der Waals surface area contributed by atoms with Crippen LogP contribution in [0.15, 0.2) is 0 Å². The van der Waals surface area contributed by atoms with Crippen molar-refractivity contribution in [1.82, 2.24) is 0 Å². The molecule has 0 amide bonds. The molecule has 1 fully saturated rings. The van der Waals surface area contributed by atoms with E-state index >= 15 is 0 Å². The highest BCUT2D eigenvalue weighted by Crippen LogP contribution is 2.63. The third-order valence-corrected chi connectivity index (χ3v) is 12.0. The van der Waals surface area contributed by atoms with Crippen LogP contribution in [-0.2, 0) is 13.4 Å². The predicted octanol–water partition coefficient (Wildman–Crippen LogP) is 5.33. The molecule has 0 aromatic heterocycles. The highest BCUT2D eigenvalue weighted by molar-refractivity contribution is 7.71. The van der Waals surface area contributed by atoms with Crippen molar-refractivity contribution in [3.05, 3.63) is 0 Å². The first kappa shape index (κ1) is 32.2. The molecule has 1 rings (SSSR count). The fourth-order valence-electron chi connectivity index (χ4n) is 4.60. The first-order chi connectivity index (χ1) is 13.9. The van der Waals surface area contributed by atoms with Crippen molar-refractivity contribution < 1.29 is 30.4 Å². The fraction of sp³-hybridized carbons (Fsp3) is 1.00. The monoisotopic (exact) mass is 556 g/mol. The average molecular weight is 558 g/mol. The molecule has 0 aliphatic heterocycles. The van der Waals surface area contributed by atoms with E-state index in [4.69, 9.17) is 13.4 Å². The van der Waals surface area contributed by atoms with Gasteiger partial charge in [-0.15, -0.1) is 0 Å². The minimum absolute atomic E-state index is 0. The van der Waals surface area contributed by atoms with Crippen molar-refractivity contribution in [3.63, 3.8) is 0 Å². The maximum absolute atomic E-state index is 7.26. The van der Waals surface area contributed by atoms with E-state index in [0.717, 1.165) is 19.3 Å². The molecule has 0 saturated heterocycles. The van der Waals surface area contributed by atoms with E-state index in [1.54, 1.807) is 0 Å². The first-order valence-corrected chi connectivity index (χ1v) is 21.9. The SMILES string of the molecule is CCCC[P+](CCCC)(CCCC)OC1CC(O[Si](C)(C)C)CC(O[Si](C)(C)C)C1.[Br-]. The third kappa shape index (κ3) is 14.3. The van der Waals surface area contributed by atoms with E-state index in [9.17, 15) is 0 Å². The van der Waals surface area contributed by atoms with E-state index in [2.05, 4.69) is 60.1 Å². The fourth-order valence-corrected chi connectivity index (χ4v) is 11.4. The quantitative estimate of drug-likeness (QED) is 0.201. The summed E-state index contributed by atoms with van der Waals surface area (Å²) in [4.78, 5) is 0. The van der Waals surface area contributed by atoms with Crippen molar-refractivity contribution in [3.8, 4) is 0 Å². The Labute approximate surface area is 208 Å². The van der Waals surface area contributed by atoms with Gasteiger partial charge in [-0.05, 0) is 65.0 Å². The lowest BCUT2D eigenvalue weighted by atomic mass is 9.93. The van der Waals surface area contributed by atoms with E-state index in [1.165, 1.54) is 57.0 Å². The Morgan fingerprint density at radius 3 is 1.23 bits per heavy atom. The highest BCUT2D eigenvalue weighted by Gasteiger charge is 2.44. The van der Waals surface area contributed by atoms with Crippen molar-refractivity contribution in [2.24, 2.45) is 0 Å². The summed E-state index contributed by atoms with van der Waals surface area (Å²) in [6.07, 6.45) is 15.9. The molecule has 0 spiro atoms. The second kappa shape index (κ2) is 15.3. The molecule has 1 aliphatic carbocycles. The summed E-state index contributed by atoms with van der Waals surface area (Å²) in [6, 6.07) is 0. The Morgan fingerprint density at radius 2 is 0.935 bits per heavy atom. The lowest BCUT2D eigenvalue weighted by Gasteiger charge is -2.41. The molecule has 1 aliphatic rings. The minimum Gasteiger partial charge on any atom is -1.00 e. The van der Waals surface area contributed by atoms with Gasteiger partial charge in [-0.3, -0.25) is 0 Å². The zero-order valence-electron chi connectivity index (χ0n) is 22.3. The van der Waals surface area contributed by atoms with Crippen molar-refractivity contribution in [1.29, 1.82) is 0 Å². The summed E-state index contributed by atoms with van der Waals surface area (Å²) >= 11 is 0. The molecule has 188 valence electrons. The van der Waals surface area contributed by atoms with E-state index < -0.39 is 24.1 Å². The molecule has 2 unspecified atom stereocenters. The summed E-state index contributed by atoms with van der Waals surface area (Å²) in [5, 5.41) is 0. The van der Waals surface area contributed by atoms with Crippen LogP contribution in [0.4, 0.5) is 0 Å². The Bertz CT molecular complexity index is 423. The minimum atomic E-state index is -1.57. The number of unbranched alkanes of at least 4 members (excludes halogenated alkanes) is 3. The van der Waals surface area contributed by atoms with Crippen LogP contribution in [0, 0.1) is 0 Å². The average Bonchev–Trinajstić information content (AvgIpc) is 2.59. The Hall–Kier alpha value is 1.22. The van der Waals surface area contributed by atoms with Gasteiger partial charge >= 0.3 is 0 Å². The molecule has 2 atom stereocenters. The zero-order chi connectivity index (χ0) is 22.8.